The summed E-state index contributed by atoms with van der Waals surface area (Å²) in [7, 11) is 0. The molecule has 0 unspecified atom stereocenters. The standard InChI is InChI=1S/C11H21N3S2/c1-11(2)9-16-10(13-11)12-3-4-14-5-7-15-8-6-14/h3-9H2,1-2H3,(H,12,13). The maximum Gasteiger partial charge on any atom is 0.157 e. The van der Waals surface area contributed by atoms with E-state index in [9.17, 15) is 0 Å². The number of amidine groups is 1. The van der Waals surface area contributed by atoms with E-state index in [0.717, 1.165) is 24.0 Å². The van der Waals surface area contributed by atoms with Crippen LogP contribution in [0.1, 0.15) is 13.8 Å². The monoisotopic (exact) mass is 259 g/mol. The second-order valence-electron chi connectivity index (χ2n) is 4.94. The first-order valence-electron chi connectivity index (χ1n) is 5.91. The molecule has 16 heavy (non-hydrogen) atoms. The van der Waals surface area contributed by atoms with Gasteiger partial charge in [-0.1, -0.05) is 11.8 Å². The minimum atomic E-state index is 0.227. The predicted molar refractivity (Wildman–Crippen MR) is 75.7 cm³/mol. The van der Waals surface area contributed by atoms with Crippen LogP contribution >= 0.6 is 23.5 Å². The summed E-state index contributed by atoms with van der Waals surface area (Å²) < 4.78 is 0. The molecule has 2 heterocycles. The van der Waals surface area contributed by atoms with Crippen molar-refractivity contribution in [3.8, 4) is 0 Å². The van der Waals surface area contributed by atoms with E-state index >= 15 is 0 Å². The van der Waals surface area contributed by atoms with E-state index in [1.54, 1.807) is 0 Å². The highest BCUT2D eigenvalue weighted by molar-refractivity contribution is 8.14. The topological polar surface area (TPSA) is 27.6 Å². The summed E-state index contributed by atoms with van der Waals surface area (Å²) in [5, 5.41) is 4.59. The predicted octanol–water partition coefficient (Wildman–Crippen LogP) is 1.51. The number of nitrogens with one attached hydrogen (secondary N) is 1. The Bertz CT molecular complexity index is 260. The average molecular weight is 259 g/mol. The molecule has 1 N–H and O–H groups in total. The Balaban J connectivity index is 1.69. The lowest BCUT2D eigenvalue weighted by molar-refractivity contribution is 0.311. The lowest BCUT2D eigenvalue weighted by atomic mass is 10.1. The minimum Gasteiger partial charge on any atom is -0.359 e. The zero-order chi connectivity index (χ0) is 11.4. The first-order valence-corrected chi connectivity index (χ1v) is 8.05. The molecule has 0 aromatic carbocycles. The van der Waals surface area contributed by atoms with Crippen molar-refractivity contribution in [1.82, 2.24) is 10.2 Å². The molecular formula is C11H21N3S2. The summed E-state index contributed by atoms with van der Waals surface area (Å²) in [5.41, 5.74) is 0.227. The van der Waals surface area contributed by atoms with Crippen LogP contribution in [0, 0.1) is 0 Å². The third-order valence-corrected chi connectivity index (χ3v) is 5.10. The third kappa shape index (κ3) is 3.86. The van der Waals surface area contributed by atoms with Gasteiger partial charge in [0, 0.05) is 42.4 Å². The van der Waals surface area contributed by atoms with Gasteiger partial charge in [0.2, 0.25) is 0 Å². The van der Waals surface area contributed by atoms with Gasteiger partial charge in [-0.2, -0.15) is 11.8 Å². The summed E-state index contributed by atoms with van der Waals surface area (Å²) in [6, 6.07) is 0. The summed E-state index contributed by atoms with van der Waals surface area (Å²) in [5.74, 6) is 3.71. The summed E-state index contributed by atoms with van der Waals surface area (Å²) in [6.07, 6.45) is 0. The van der Waals surface area contributed by atoms with Crippen LogP contribution in [0.3, 0.4) is 0 Å². The first kappa shape index (κ1) is 12.6. The molecule has 2 aliphatic rings. The van der Waals surface area contributed by atoms with Gasteiger partial charge in [0.25, 0.3) is 0 Å². The number of nitrogens with zero attached hydrogens (tertiary/aromatic N) is 2. The van der Waals surface area contributed by atoms with Gasteiger partial charge >= 0.3 is 0 Å². The van der Waals surface area contributed by atoms with Gasteiger partial charge in [-0.15, -0.1) is 0 Å². The van der Waals surface area contributed by atoms with Gasteiger partial charge in [-0.3, -0.25) is 9.89 Å². The number of aliphatic imine (C=N–C) groups is 1. The molecule has 0 aliphatic carbocycles. The van der Waals surface area contributed by atoms with Crippen molar-refractivity contribution in [3.05, 3.63) is 0 Å². The summed E-state index contributed by atoms with van der Waals surface area (Å²) in [6.45, 7) is 8.99. The molecule has 0 bridgehead atoms. The molecule has 92 valence electrons. The highest BCUT2D eigenvalue weighted by atomic mass is 32.2. The van der Waals surface area contributed by atoms with Crippen LogP contribution in [0.15, 0.2) is 4.99 Å². The normalized spacial score (nSPS) is 28.2. The van der Waals surface area contributed by atoms with Crippen molar-refractivity contribution >= 4 is 28.7 Å². The smallest absolute Gasteiger partial charge is 0.157 e. The maximum absolute atomic E-state index is 4.63. The van der Waals surface area contributed by atoms with Gasteiger partial charge in [0.1, 0.15) is 0 Å². The fourth-order valence-corrected chi connectivity index (χ4v) is 3.89. The number of hydrogen-bond acceptors (Lipinski definition) is 4. The van der Waals surface area contributed by atoms with Gasteiger partial charge in [0.15, 0.2) is 5.17 Å². The van der Waals surface area contributed by atoms with Crippen LogP contribution in [0.4, 0.5) is 0 Å². The Morgan fingerprint density at radius 3 is 2.75 bits per heavy atom. The largest absolute Gasteiger partial charge is 0.359 e. The third-order valence-electron chi connectivity index (χ3n) is 2.79. The quantitative estimate of drug-likeness (QED) is 0.831. The SMILES string of the molecule is CC1(C)CSC(=NCCN2CCSCC2)N1. The van der Waals surface area contributed by atoms with E-state index in [-0.39, 0.29) is 5.54 Å². The molecule has 5 heteroatoms. The van der Waals surface area contributed by atoms with Crippen molar-refractivity contribution in [2.24, 2.45) is 4.99 Å². The highest BCUT2D eigenvalue weighted by Gasteiger charge is 2.27. The van der Waals surface area contributed by atoms with Crippen molar-refractivity contribution < 1.29 is 0 Å². The van der Waals surface area contributed by atoms with Crippen LogP contribution in [0.25, 0.3) is 0 Å². The molecule has 0 radical (unpaired) electrons. The second kappa shape index (κ2) is 5.65. The maximum atomic E-state index is 4.63. The van der Waals surface area contributed by atoms with E-state index in [4.69, 9.17) is 0 Å². The van der Waals surface area contributed by atoms with Gasteiger partial charge in [-0.25, -0.2) is 0 Å². The molecular weight excluding hydrogens is 238 g/mol. The second-order valence-corrected chi connectivity index (χ2v) is 7.13. The Kier molecular flexibility index (Phi) is 4.44. The molecule has 2 saturated heterocycles. The molecule has 0 saturated carbocycles. The Morgan fingerprint density at radius 2 is 2.12 bits per heavy atom. The van der Waals surface area contributed by atoms with Crippen molar-refractivity contribution in [1.29, 1.82) is 0 Å². The molecule has 0 amide bonds. The minimum absolute atomic E-state index is 0.227. The lowest BCUT2D eigenvalue weighted by Crippen LogP contribution is -2.37. The van der Waals surface area contributed by atoms with E-state index in [0.29, 0.717) is 0 Å². The highest BCUT2D eigenvalue weighted by Crippen LogP contribution is 2.21. The number of rotatable bonds is 3. The van der Waals surface area contributed by atoms with Gasteiger partial charge in [-0.05, 0) is 13.8 Å². The van der Waals surface area contributed by atoms with Gasteiger partial charge in [0.05, 0.1) is 6.54 Å². The molecule has 0 atom stereocenters. The van der Waals surface area contributed by atoms with Crippen LogP contribution in [0.5, 0.6) is 0 Å². The Morgan fingerprint density at radius 1 is 1.38 bits per heavy atom. The molecule has 2 fully saturated rings. The summed E-state index contributed by atoms with van der Waals surface area (Å²) in [4.78, 5) is 7.15. The number of hydrogen-bond donors (Lipinski definition) is 1. The van der Waals surface area contributed by atoms with E-state index in [1.807, 2.05) is 11.8 Å². The van der Waals surface area contributed by atoms with Crippen molar-refractivity contribution in [3.63, 3.8) is 0 Å². The molecule has 2 aliphatic heterocycles. The van der Waals surface area contributed by atoms with Crippen LogP contribution in [0.2, 0.25) is 0 Å². The zero-order valence-electron chi connectivity index (χ0n) is 10.2. The summed E-state index contributed by atoms with van der Waals surface area (Å²) >= 11 is 3.92. The van der Waals surface area contributed by atoms with E-state index < -0.39 is 0 Å². The van der Waals surface area contributed by atoms with Crippen LogP contribution in [-0.2, 0) is 0 Å². The average Bonchev–Trinajstić information content (AvgIpc) is 2.60. The number of thioether (sulfide) groups is 2. The van der Waals surface area contributed by atoms with Gasteiger partial charge < -0.3 is 5.32 Å². The fraction of sp³-hybridized carbons (Fsp3) is 0.909. The van der Waals surface area contributed by atoms with Crippen LogP contribution in [-0.4, -0.2) is 59.0 Å². The Labute approximate surface area is 107 Å². The fourth-order valence-electron chi connectivity index (χ4n) is 1.81. The molecule has 3 nitrogen and oxygen atoms in total. The Hall–Kier alpha value is 0.130. The van der Waals surface area contributed by atoms with Crippen molar-refractivity contribution in [2.75, 3.05) is 43.4 Å². The lowest BCUT2D eigenvalue weighted by Gasteiger charge is -2.25. The first-order chi connectivity index (χ1) is 7.66. The van der Waals surface area contributed by atoms with Crippen molar-refractivity contribution in [2.45, 2.75) is 19.4 Å². The van der Waals surface area contributed by atoms with E-state index in [1.165, 1.54) is 24.6 Å². The van der Waals surface area contributed by atoms with E-state index in [2.05, 4.69) is 40.8 Å². The zero-order valence-corrected chi connectivity index (χ0v) is 11.8. The molecule has 0 aromatic rings. The molecule has 0 aromatic heterocycles. The molecule has 0 spiro atoms. The van der Waals surface area contributed by atoms with Crippen LogP contribution < -0.4 is 5.32 Å². The molecule has 2 rings (SSSR count).